The molecule has 1 atom stereocenters. The van der Waals surface area contributed by atoms with Gasteiger partial charge in [0, 0.05) is 17.1 Å². The zero-order valence-electron chi connectivity index (χ0n) is 14.6. The highest BCUT2D eigenvalue weighted by Crippen LogP contribution is 2.45. The molecule has 1 heterocycles. The maximum absolute atomic E-state index is 12.7. The summed E-state index contributed by atoms with van der Waals surface area (Å²) in [5.41, 5.74) is 1.32. The Morgan fingerprint density at radius 3 is 2.58 bits per heavy atom. The predicted molar refractivity (Wildman–Crippen MR) is 101 cm³/mol. The molecule has 0 radical (unpaired) electrons. The van der Waals surface area contributed by atoms with Crippen LogP contribution in [-0.2, 0) is 16.1 Å². The standard InChI is InChI=1S/C18H24BrNO3S/c1-17(2,3)24(21)20-16-14-11-12(19)5-6-15(14)23-18(16)9-7-13(22-4)8-10-18/h5-6,11,13H,7-10H2,1-4H3/b20-16+. The molecule has 3 rings (SSSR count). The smallest absolute Gasteiger partial charge is 0.156 e. The van der Waals surface area contributed by atoms with E-state index in [1.807, 2.05) is 39.0 Å². The number of halogens is 1. The molecule has 1 saturated carbocycles. The molecule has 1 aliphatic heterocycles. The molecule has 1 spiro atoms. The maximum Gasteiger partial charge on any atom is 0.156 e. The molecule has 6 heteroatoms. The van der Waals surface area contributed by atoms with Gasteiger partial charge in [-0.05, 0) is 64.7 Å². The highest BCUT2D eigenvalue weighted by atomic mass is 79.9. The Bertz CT molecular complexity index is 648. The largest absolute Gasteiger partial charge is 0.591 e. The third kappa shape index (κ3) is 3.39. The quantitative estimate of drug-likeness (QED) is 0.674. The molecule has 1 fully saturated rings. The first-order valence-corrected chi connectivity index (χ1v) is 10.2. The summed E-state index contributed by atoms with van der Waals surface area (Å²) in [6, 6.07) is 5.95. The fourth-order valence-corrected chi connectivity index (χ4v) is 4.33. The van der Waals surface area contributed by atoms with Crippen molar-refractivity contribution in [1.82, 2.24) is 0 Å². The van der Waals surface area contributed by atoms with Gasteiger partial charge >= 0.3 is 0 Å². The van der Waals surface area contributed by atoms with Gasteiger partial charge < -0.3 is 14.0 Å². The molecule has 1 aromatic rings. The normalized spacial score (nSPS) is 29.6. The average molecular weight is 414 g/mol. The van der Waals surface area contributed by atoms with Crippen LogP contribution in [0.1, 0.15) is 52.0 Å². The molecule has 132 valence electrons. The van der Waals surface area contributed by atoms with Crippen LogP contribution >= 0.6 is 15.9 Å². The fourth-order valence-electron chi connectivity index (χ4n) is 3.26. The van der Waals surface area contributed by atoms with E-state index in [1.54, 1.807) is 7.11 Å². The van der Waals surface area contributed by atoms with Gasteiger partial charge in [-0.3, -0.25) is 0 Å². The summed E-state index contributed by atoms with van der Waals surface area (Å²) < 4.78 is 29.8. The second kappa shape index (κ2) is 6.63. The van der Waals surface area contributed by atoms with Crippen LogP contribution in [0, 0.1) is 0 Å². The molecule has 0 saturated heterocycles. The van der Waals surface area contributed by atoms with Crippen molar-refractivity contribution in [3.63, 3.8) is 0 Å². The molecule has 1 aliphatic carbocycles. The highest BCUT2D eigenvalue weighted by molar-refractivity contribution is 9.10. The number of methoxy groups -OCH3 is 1. The molecule has 1 aromatic carbocycles. The first-order valence-electron chi connectivity index (χ1n) is 8.28. The summed E-state index contributed by atoms with van der Waals surface area (Å²) in [5.74, 6) is 0.832. The van der Waals surface area contributed by atoms with E-state index in [9.17, 15) is 4.55 Å². The minimum absolute atomic E-state index is 0.268. The monoisotopic (exact) mass is 413 g/mol. The fraction of sp³-hybridized carbons (Fsp3) is 0.611. The van der Waals surface area contributed by atoms with Gasteiger partial charge in [-0.15, -0.1) is 0 Å². The molecule has 2 aliphatic rings. The van der Waals surface area contributed by atoms with E-state index in [4.69, 9.17) is 9.47 Å². The summed E-state index contributed by atoms with van der Waals surface area (Å²) >= 11 is 2.21. The van der Waals surface area contributed by atoms with Crippen molar-refractivity contribution in [3.8, 4) is 5.75 Å². The minimum Gasteiger partial charge on any atom is -0.591 e. The summed E-state index contributed by atoms with van der Waals surface area (Å²) in [4.78, 5) is 0. The highest BCUT2D eigenvalue weighted by Gasteiger charge is 2.50. The van der Waals surface area contributed by atoms with Crippen LogP contribution in [0.5, 0.6) is 5.75 Å². The molecule has 0 N–H and O–H groups in total. The Labute approximate surface area is 155 Å². The lowest BCUT2D eigenvalue weighted by Gasteiger charge is -2.36. The molecule has 24 heavy (non-hydrogen) atoms. The second-order valence-corrected chi connectivity index (χ2v) is 10.3. The number of rotatable bonds is 2. The van der Waals surface area contributed by atoms with E-state index >= 15 is 0 Å². The van der Waals surface area contributed by atoms with E-state index < -0.39 is 21.7 Å². The van der Waals surface area contributed by atoms with Crippen molar-refractivity contribution in [2.45, 2.75) is 62.9 Å². The molecule has 0 aromatic heterocycles. The first-order chi connectivity index (χ1) is 11.2. The van der Waals surface area contributed by atoms with Crippen LogP contribution in [0.2, 0.25) is 0 Å². The third-order valence-corrected chi connectivity index (χ3v) is 6.59. The lowest BCUT2D eigenvalue weighted by molar-refractivity contribution is 0.0143. The topological polar surface area (TPSA) is 53.9 Å². The number of hydrogen-bond acceptors (Lipinski definition) is 4. The Balaban J connectivity index is 2.02. The van der Waals surface area contributed by atoms with Gasteiger partial charge in [0.15, 0.2) is 5.60 Å². The zero-order chi connectivity index (χ0) is 17.5. The van der Waals surface area contributed by atoms with E-state index in [1.165, 1.54) is 0 Å². The Morgan fingerprint density at radius 2 is 2.00 bits per heavy atom. The summed E-state index contributed by atoms with van der Waals surface area (Å²) in [5, 5.41) is 0. The van der Waals surface area contributed by atoms with Crippen LogP contribution in [0.3, 0.4) is 0 Å². The van der Waals surface area contributed by atoms with Crippen LogP contribution in [0.15, 0.2) is 27.1 Å². The molecular formula is C18H24BrNO3S. The molecule has 4 nitrogen and oxygen atoms in total. The third-order valence-electron chi connectivity index (χ3n) is 4.71. The Kier molecular flexibility index (Phi) is 5.04. The van der Waals surface area contributed by atoms with Crippen molar-refractivity contribution in [2.75, 3.05) is 7.11 Å². The molecular weight excluding hydrogens is 390 g/mol. The maximum atomic E-state index is 12.7. The van der Waals surface area contributed by atoms with Crippen molar-refractivity contribution in [2.24, 2.45) is 4.40 Å². The van der Waals surface area contributed by atoms with Gasteiger partial charge in [-0.25, -0.2) is 0 Å². The van der Waals surface area contributed by atoms with E-state index in [0.717, 1.165) is 47.2 Å². The molecule has 1 unspecified atom stereocenters. The molecule has 0 bridgehead atoms. The van der Waals surface area contributed by atoms with Crippen molar-refractivity contribution in [1.29, 1.82) is 0 Å². The van der Waals surface area contributed by atoms with Gasteiger partial charge in [0.1, 0.15) is 27.6 Å². The van der Waals surface area contributed by atoms with Crippen molar-refractivity contribution >= 4 is 33.0 Å². The number of nitrogens with zero attached hydrogens (tertiary/aromatic N) is 1. The van der Waals surface area contributed by atoms with Crippen LogP contribution < -0.4 is 4.74 Å². The number of fused-ring (bicyclic) bond motifs is 1. The van der Waals surface area contributed by atoms with Crippen LogP contribution in [-0.4, -0.2) is 33.8 Å². The number of ether oxygens (including phenoxy) is 2. The lowest BCUT2D eigenvalue weighted by Crippen LogP contribution is -2.46. The Morgan fingerprint density at radius 1 is 1.33 bits per heavy atom. The SMILES string of the molecule is COC1CCC2(CC1)Oc1ccc(Br)cc1/C2=N\[S+]([O-])C(C)(C)C. The van der Waals surface area contributed by atoms with E-state index in [0.29, 0.717) is 0 Å². The summed E-state index contributed by atoms with van der Waals surface area (Å²) in [6.45, 7) is 5.83. The first kappa shape index (κ1) is 18.2. The van der Waals surface area contributed by atoms with Crippen molar-refractivity contribution < 1.29 is 14.0 Å². The lowest BCUT2D eigenvalue weighted by atomic mass is 9.79. The van der Waals surface area contributed by atoms with Crippen LogP contribution in [0.4, 0.5) is 0 Å². The average Bonchev–Trinajstić information content (AvgIpc) is 2.81. The number of hydrogen-bond donors (Lipinski definition) is 0. The minimum atomic E-state index is -1.32. The predicted octanol–water partition coefficient (Wildman–Crippen LogP) is 4.42. The summed E-state index contributed by atoms with van der Waals surface area (Å²) in [7, 11) is 1.76. The van der Waals surface area contributed by atoms with Gasteiger partial charge in [0.2, 0.25) is 0 Å². The van der Waals surface area contributed by atoms with Crippen LogP contribution in [0.25, 0.3) is 0 Å². The molecule has 0 amide bonds. The van der Waals surface area contributed by atoms with E-state index in [2.05, 4.69) is 20.3 Å². The van der Waals surface area contributed by atoms with Gasteiger partial charge in [0.05, 0.1) is 6.10 Å². The van der Waals surface area contributed by atoms with Gasteiger partial charge in [0.25, 0.3) is 0 Å². The second-order valence-electron chi connectivity index (χ2n) is 7.47. The van der Waals surface area contributed by atoms with Crippen molar-refractivity contribution in [3.05, 3.63) is 28.2 Å². The zero-order valence-corrected chi connectivity index (χ0v) is 17.0. The summed E-state index contributed by atoms with van der Waals surface area (Å²) in [6.07, 6.45) is 3.78. The van der Waals surface area contributed by atoms with E-state index in [-0.39, 0.29) is 6.10 Å². The van der Waals surface area contributed by atoms with Gasteiger partial charge in [-0.1, -0.05) is 20.3 Å². The Hall–Kier alpha value is -0.560. The number of benzene rings is 1. The van der Waals surface area contributed by atoms with Gasteiger partial charge in [-0.2, -0.15) is 0 Å².